The predicted octanol–water partition coefficient (Wildman–Crippen LogP) is 2.41. The first-order valence-electron chi connectivity index (χ1n) is 6.33. The van der Waals surface area contributed by atoms with Gasteiger partial charge in [0.25, 0.3) is 0 Å². The van der Waals surface area contributed by atoms with Gasteiger partial charge in [-0.15, -0.1) is 0 Å². The molecular weight excluding hydrogens is 266 g/mol. The summed E-state index contributed by atoms with van der Waals surface area (Å²) in [7, 11) is 3.16. The number of hydrogen-bond donors (Lipinski definition) is 1. The highest BCUT2D eigenvalue weighted by Crippen LogP contribution is 2.42. The minimum Gasteiger partial charge on any atom is -0.397 e. The van der Waals surface area contributed by atoms with Gasteiger partial charge in [-0.3, -0.25) is 0 Å². The van der Waals surface area contributed by atoms with E-state index >= 15 is 0 Å². The number of nitrogen functional groups attached to an aromatic ring is 1. The predicted molar refractivity (Wildman–Crippen MR) is 78.3 cm³/mol. The monoisotopic (exact) mass is 281 g/mol. The topological polar surface area (TPSA) is 92.1 Å². The van der Waals surface area contributed by atoms with E-state index in [1.165, 1.54) is 0 Å². The number of nitrogens with zero attached hydrogens (tertiary/aromatic N) is 2. The summed E-state index contributed by atoms with van der Waals surface area (Å²) in [5.74, 6) is 0. The number of ether oxygens (including phenoxy) is 2. The van der Waals surface area contributed by atoms with Crippen LogP contribution in [0.25, 0.3) is 11.1 Å². The first-order chi connectivity index (χ1) is 10.2. The molecule has 21 heavy (non-hydrogen) atoms. The van der Waals surface area contributed by atoms with Crippen molar-refractivity contribution in [1.82, 2.24) is 0 Å². The largest absolute Gasteiger partial charge is 0.397 e. The van der Waals surface area contributed by atoms with E-state index < -0.39 is 0 Å². The Morgan fingerprint density at radius 1 is 0.952 bits per heavy atom. The summed E-state index contributed by atoms with van der Waals surface area (Å²) in [6.45, 7) is 0.668. The van der Waals surface area contributed by atoms with Crippen LogP contribution in [-0.4, -0.2) is 14.2 Å². The maximum Gasteiger partial charge on any atom is 0.102 e. The molecule has 0 aromatic carbocycles. The summed E-state index contributed by atoms with van der Waals surface area (Å²) in [6, 6.07) is 9.80. The molecule has 5 nitrogen and oxygen atoms in total. The molecule has 0 radical (unpaired) electrons. The molecular formula is C16H15N3O2. The van der Waals surface area contributed by atoms with Gasteiger partial charge in [0.2, 0.25) is 0 Å². The van der Waals surface area contributed by atoms with Crippen LogP contribution < -0.4 is 5.73 Å². The Labute approximate surface area is 123 Å². The highest BCUT2D eigenvalue weighted by atomic mass is 16.5. The molecule has 0 atom stereocenters. The van der Waals surface area contributed by atoms with Crippen molar-refractivity contribution in [1.29, 1.82) is 10.5 Å². The number of anilines is 1. The molecule has 0 unspecified atom stereocenters. The lowest BCUT2D eigenvalue weighted by Gasteiger charge is -2.07. The van der Waals surface area contributed by atoms with Gasteiger partial charge in [0.05, 0.1) is 30.0 Å². The summed E-state index contributed by atoms with van der Waals surface area (Å²) in [4.78, 5) is 0. The molecule has 5 heteroatoms. The van der Waals surface area contributed by atoms with Crippen molar-refractivity contribution in [2.24, 2.45) is 0 Å². The molecule has 0 spiro atoms. The van der Waals surface area contributed by atoms with E-state index in [4.69, 9.17) is 15.2 Å². The van der Waals surface area contributed by atoms with Crippen LogP contribution >= 0.6 is 0 Å². The van der Waals surface area contributed by atoms with Crippen LogP contribution in [0.2, 0.25) is 0 Å². The number of fused-ring (bicyclic) bond motifs is 1. The van der Waals surface area contributed by atoms with Gasteiger partial charge >= 0.3 is 0 Å². The molecule has 0 bridgehead atoms. The quantitative estimate of drug-likeness (QED) is 0.929. The summed E-state index contributed by atoms with van der Waals surface area (Å²) < 4.78 is 10.4. The first-order valence-corrected chi connectivity index (χ1v) is 6.33. The van der Waals surface area contributed by atoms with E-state index in [1.54, 1.807) is 14.2 Å². The van der Waals surface area contributed by atoms with Crippen LogP contribution in [0.5, 0.6) is 0 Å². The van der Waals surface area contributed by atoms with Crippen LogP contribution in [0, 0.1) is 22.7 Å². The summed E-state index contributed by atoms with van der Waals surface area (Å²) in [5, 5.41) is 18.8. The second kappa shape index (κ2) is 6.23. The Hall–Kier alpha value is -2.60. The maximum atomic E-state index is 9.41. The van der Waals surface area contributed by atoms with Crippen LogP contribution in [-0.2, 0) is 22.7 Å². The highest BCUT2D eigenvalue weighted by molar-refractivity contribution is 5.93. The fourth-order valence-corrected chi connectivity index (χ4v) is 2.52. The summed E-state index contributed by atoms with van der Waals surface area (Å²) in [5.41, 5.74) is 9.82. The summed E-state index contributed by atoms with van der Waals surface area (Å²) >= 11 is 0. The maximum absolute atomic E-state index is 9.41. The molecule has 0 saturated heterocycles. The zero-order chi connectivity index (χ0) is 15.4. The average Bonchev–Trinajstić information content (AvgIpc) is 2.66. The van der Waals surface area contributed by atoms with E-state index in [0.717, 1.165) is 11.1 Å². The molecule has 0 heterocycles. The summed E-state index contributed by atoms with van der Waals surface area (Å²) in [6.07, 6.45) is 0. The Morgan fingerprint density at radius 2 is 1.38 bits per heavy atom. The molecule has 2 aliphatic rings. The lowest BCUT2D eigenvalue weighted by atomic mass is 9.99. The lowest BCUT2D eigenvalue weighted by Crippen LogP contribution is -1.94. The van der Waals surface area contributed by atoms with Crippen molar-refractivity contribution in [3.05, 3.63) is 40.5 Å². The van der Waals surface area contributed by atoms with Gasteiger partial charge in [-0.25, -0.2) is 0 Å². The van der Waals surface area contributed by atoms with Gasteiger partial charge in [0.15, 0.2) is 0 Å². The Bertz CT molecular complexity index is 667. The third-order valence-corrected chi connectivity index (χ3v) is 3.35. The van der Waals surface area contributed by atoms with E-state index in [9.17, 15) is 10.5 Å². The van der Waals surface area contributed by atoms with Gasteiger partial charge in [-0.05, 0) is 11.1 Å². The molecule has 0 aliphatic heterocycles. The van der Waals surface area contributed by atoms with Gasteiger partial charge in [-0.2, -0.15) is 10.5 Å². The Kier molecular flexibility index (Phi) is 4.39. The Morgan fingerprint density at radius 3 is 1.71 bits per heavy atom. The van der Waals surface area contributed by atoms with Crippen LogP contribution in [0.3, 0.4) is 0 Å². The molecule has 0 saturated carbocycles. The number of methoxy groups -OCH3 is 2. The first kappa shape index (κ1) is 14.8. The molecule has 2 N–H and O–H groups in total. The van der Waals surface area contributed by atoms with Gasteiger partial charge in [0, 0.05) is 25.3 Å². The second-order valence-corrected chi connectivity index (χ2v) is 4.58. The number of hydrogen-bond acceptors (Lipinski definition) is 5. The van der Waals surface area contributed by atoms with Crippen LogP contribution in [0.15, 0.2) is 18.2 Å². The second-order valence-electron chi connectivity index (χ2n) is 4.58. The van der Waals surface area contributed by atoms with E-state index in [-0.39, 0.29) is 5.69 Å². The van der Waals surface area contributed by atoms with Crippen LogP contribution in [0.4, 0.5) is 5.69 Å². The van der Waals surface area contributed by atoms with Gasteiger partial charge < -0.3 is 15.2 Å². The standard InChI is InChI=1S/C16H15N3O2/c1-20-8-10-4-3-5-11(9-21-2)15-13(7-18)16(19)12(6-17)14(10)15/h3-5H,8-9,19H2,1-2H3. The SMILES string of the molecule is COCc1cccc(COC)c2c(C#N)c(N)c(C#N)c1-2. The minimum atomic E-state index is 0.218. The number of nitriles is 2. The fraction of sp³-hybridized carbons (Fsp3) is 0.250. The zero-order valence-corrected chi connectivity index (χ0v) is 11.9. The third kappa shape index (κ3) is 2.41. The van der Waals surface area contributed by atoms with E-state index in [2.05, 4.69) is 12.1 Å². The lowest BCUT2D eigenvalue weighted by molar-refractivity contribution is 0.184. The van der Waals surface area contributed by atoms with Gasteiger partial charge in [-0.1, -0.05) is 18.2 Å². The normalized spacial score (nSPS) is 10.3. The number of rotatable bonds is 4. The van der Waals surface area contributed by atoms with E-state index in [1.807, 2.05) is 18.2 Å². The zero-order valence-electron chi connectivity index (χ0n) is 11.9. The molecule has 0 amide bonds. The van der Waals surface area contributed by atoms with Crippen molar-refractivity contribution in [2.75, 3.05) is 20.0 Å². The fourth-order valence-electron chi connectivity index (χ4n) is 2.52. The van der Waals surface area contributed by atoms with Crippen molar-refractivity contribution in [2.45, 2.75) is 13.2 Å². The molecule has 2 rings (SSSR count). The van der Waals surface area contributed by atoms with Crippen LogP contribution in [0.1, 0.15) is 22.3 Å². The van der Waals surface area contributed by atoms with Crippen molar-refractivity contribution < 1.29 is 9.47 Å². The number of nitrogens with two attached hydrogens (primary N) is 1. The van der Waals surface area contributed by atoms with Crippen molar-refractivity contribution >= 4 is 5.69 Å². The minimum absolute atomic E-state index is 0.218. The smallest absolute Gasteiger partial charge is 0.102 e. The molecule has 0 aromatic rings. The highest BCUT2D eigenvalue weighted by Gasteiger charge is 2.26. The third-order valence-electron chi connectivity index (χ3n) is 3.35. The van der Waals surface area contributed by atoms with Crippen molar-refractivity contribution in [3.63, 3.8) is 0 Å². The molecule has 2 aliphatic carbocycles. The molecule has 0 fully saturated rings. The average molecular weight is 281 g/mol. The Balaban J connectivity index is 2.91. The van der Waals surface area contributed by atoms with Crippen molar-refractivity contribution in [3.8, 4) is 23.3 Å². The van der Waals surface area contributed by atoms with E-state index in [0.29, 0.717) is 35.5 Å². The van der Waals surface area contributed by atoms with Gasteiger partial charge in [0.1, 0.15) is 12.1 Å². The molecule has 106 valence electrons. The molecule has 0 aromatic heterocycles.